The lowest BCUT2D eigenvalue weighted by atomic mass is 9.89. The number of nitrogens with one attached hydrogen (secondary N) is 2. The highest BCUT2D eigenvalue weighted by atomic mass is 19.1. The molecule has 6 rings (SSSR count). The standard InChI is InChI=1S/C26H31FN8O/c27-22-12-11-16(15-28-22)14-21(36)20-10-5-13-35(20)26-29-19-9-4-8-18(19)24(32-26)31-25-30-23(33-34-25)17-6-2-1-3-7-17/h11-12,15,17,20H,1-10,13-14H2,(H2,29,30,31,32,33,34). The van der Waals surface area contributed by atoms with Gasteiger partial charge in [-0.1, -0.05) is 25.3 Å². The number of anilines is 3. The van der Waals surface area contributed by atoms with Gasteiger partial charge >= 0.3 is 0 Å². The van der Waals surface area contributed by atoms with Crippen LogP contribution in [0.3, 0.4) is 0 Å². The number of carbonyl (C=O) groups is 1. The van der Waals surface area contributed by atoms with E-state index in [4.69, 9.17) is 15.0 Å². The molecular weight excluding hydrogens is 459 g/mol. The van der Waals surface area contributed by atoms with Crippen LogP contribution in [-0.4, -0.2) is 48.5 Å². The Morgan fingerprint density at radius 3 is 2.78 bits per heavy atom. The summed E-state index contributed by atoms with van der Waals surface area (Å²) in [5.41, 5.74) is 2.86. The summed E-state index contributed by atoms with van der Waals surface area (Å²) in [6, 6.07) is 2.61. The molecule has 9 nitrogen and oxygen atoms in total. The minimum Gasteiger partial charge on any atom is -0.331 e. The van der Waals surface area contributed by atoms with Crippen molar-refractivity contribution in [1.29, 1.82) is 0 Å². The lowest BCUT2D eigenvalue weighted by molar-refractivity contribution is -0.119. The highest BCUT2D eigenvalue weighted by Gasteiger charge is 2.34. The Hall–Kier alpha value is -3.43. The first-order chi connectivity index (χ1) is 17.6. The quantitative estimate of drug-likeness (QED) is 0.474. The molecule has 0 amide bonds. The summed E-state index contributed by atoms with van der Waals surface area (Å²) in [5.74, 6) is 2.77. The van der Waals surface area contributed by atoms with Gasteiger partial charge in [-0.15, -0.1) is 5.10 Å². The second-order valence-corrected chi connectivity index (χ2v) is 10.1. The van der Waals surface area contributed by atoms with Crippen molar-refractivity contribution < 1.29 is 9.18 Å². The second kappa shape index (κ2) is 9.91. The minimum absolute atomic E-state index is 0.0746. The molecule has 1 saturated carbocycles. The fraction of sp³-hybridized carbons (Fsp3) is 0.538. The van der Waals surface area contributed by atoms with Gasteiger partial charge in [0.05, 0.1) is 11.7 Å². The normalized spacial score (nSPS) is 20.0. The molecule has 1 aliphatic heterocycles. The maximum Gasteiger partial charge on any atom is 0.247 e. The highest BCUT2D eigenvalue weighted by Crippen LogP contribution is 2.34. The van der Waals surface area contributed by atoms with Crippen molar-refractivity contribution in [3.63, 3.8) is 0 Å². The van der Waals surface area contributed by atoms with Gasteiger partial charge in [0, 0.05) is 30.6 Å². The third-order valence-corrected chi connectivity index (χ3v) is 7.69. The lowest BCUT2D eigenvalue weighted by Gasteiger charge is -2.25. The number of hydrogen-bond donors (Lipinski definition) is 2. The number of carbonyl (C=O) groups excluding carboxylic acids is 1. The number of halogens is 1. The van der Waals surface area contributed by atoms with Crippen molar-refractivity contribution in [2.45, 2.75) is 82.6 Å². The van der Waals surface area contributed by atoms with E-state index >= 15 is 0 Å². The first kappa shape index (κ1) is 23.0. The minimum atomic E-state index is -0.544. The highest BCUT2D eigenvalue weighted by molar-refractivity contribution is 5.89. The molecule has 188 valence electrons. The van der Waals surface area contributed by atoms with Gasteiger partial charge < -0.3 is 10.2 Å². The predicted octanol–water partition coefficient (Wildman–Crippen LogP) is 4.19. The molecule has 2 aliphatic carbocycles. The number of ketones is 1. The summed E-state index contributed by atoms with van der Waals surface area (Å²) in [5, 5.41) is 10.9. The molecule has 3 aromatic rings. The van der Waals surface area contributed by atoms with Crippen LogP contribution in [0.25, 0.3) is 0 Å². The zero-order valence-corrected chi connectivity index (χ0v) is 20.3. The number of fused-ring (bicyclic) bond motifs is 1. The molecule has 36 heavy (non-hydrogen) atoms. The van der Waals surface area contributed by atoms with E-state index in [1.807, 2.05) is 4.90 Å². The summed E-state index contributed by atoms with van der Waals surface area (Å²) in [6.07, 6.45) is 12.2. The van der Waals surface area contributed by atoms with Crippen LogP contribution in [0.2, 0.25) is 0 Å². The van der Waals surface area contributed by atoms with Crippen LogP contribution >= 0.6 is 0 Å². The first-order valence-electron chi connectivity index (χ1n) is 13.1. The number of H-pyrrole nitrogens is 1. The van der Waals surface area contributed by atoms with E-state index in [2.05, 4.69) is 20.5 Å². The smallest absolute Gasteiger partial charge is 0.247 e. The van der Waals surface area contributed by atoms with Gasteiger partial charge in [-0.2, -0.15) is 14.4 Å². The first-order valence-corrected chi connectivity index (χ1v) is 13.1. The van der Waals surface area contributed by atoms with Crippen LogP contribution < -0.4 is 10.2 Å². The van der Waals surface area contributed by atoms with Gasteiger partial charge in [-0.3, -0.25) is 9.89 Å². The number of nitrogens with zero attached hydrogens (tertiary/aromatic N) is 6. The van der Waals surface area contributed by atoms with Crippen LogP contribution in [0.4, 0.5) is 22.1 Å². The molecule has 2 N–H and O–H groups in total. The third kappa shape index (κ3) is 4.68. The van der Waals surface area contributed by atoms with Crippen LogP contribution in [0.1, 0.15) is 79.9 Å². The van der Waals surface area contributed by atoms with Crippen molar-refractivity contribution >= 4 is 23.5 Å². The maximum atomic E-state index is 13.2. The fourth-order valence-electron chi connectivity index (χ4n) is 5.82. The number of aromatic nitrogens is 6. The number of pyridine rings is 1. The van der Waals surface area contributed by atoms with Crippen LogP contribution in [0.15, 0.2) is 18.3 Å². The number of hydrogen-bond acceptors (Lipinski definition) is 8. The molecule has 1 saturated heterocycles. The van der Waals surface area contributed by atoms with Crippen molar-refractivity contribution in [2.75, 3.05) is 16.8 Å². The van der Waals surface area contributed by atoms with Gasteiger partial charge in [-0.25, -0.2) is 9.97 Å². The summed E-state index contributed by atoms with van der Waals surface area (Å²) in [7, 11) is 0. The van der Waals surface area contributed by atoms with Crippen LogP contribution in [0.5, 0.6) is 0 Å². The molecular formula is C26H31FN8O. The molecule has 3 aromatic heterocycles. The van der Waals surface area contributed by atoms with E-state index in [0.29, 0.717) is 23.4 Å². The zero-order chi connectivity index (χ0) is 24.5. The summed E-state index contributed by atoms with van der Waals surface area (Å²) in [4.78, 5) is 33.4. The van der Waals surface area contributed by atoms with Crippen molar-refractivity contribution in [2.24, 2.45) is 0 Å². The van der Waals surface area contributed by atoms with Gasteiger partial charge in [0.15, 0.2) is 5.78 Å². The lowest BCUT2D eigenvalue weighted by Crippen LogP contribution is -2.38. The van der Waals surface area contributed by atoms with Crippen molar-refractivity contribution in [3.05, 3.63) is 46.9 Å². The second-order valence-electron chi connectivity index (χ2n) is 10.1. The molecule has 0 bridgehead atoms. The molecule has 0 aromatic carbocycles. The molecule has 1 unspecified atom stereocenters. The zero-order valence-electron chi connectivity index (χ0n) is 20.3. The Morgan fingerprint density at radius 2 is 1.94 bits per heavy atom. The van der Waals surface area contributed by atoms with Crippen molar-refractivity contribution in [3.8, 4) is 0 Å². The molecule has 3 aliphatic rings. The Bertz CT molecular complexity index is 1240. The largest absolute Gasteiger partial charge is 0.331 e. The monoisotopic (exact) mass is 490 g/mol. The average Bonchev–Trinajstić information content (AvgIpc) is 3.66. The number of aryl methyl sites for hydroxylation is 1. The van der Waals surface area contributed by atoms with Crippen LogP contribution in [0, 0.1) is 5.95 Å². The Labute approximate surface area is 209 Å². The molecule has 0 spiro atoms. The number of aromatic amines is 1. The summed E-state index contributed by atoms with van der Waals surface area (Å²) in [6.45, 7) is 0.725. The molecule has 10 heteroatoms. The number of rotatable bonds is 7. The van der Waals surface area contributed by atoms with Gasteiger partial charge in [0.1, 0.15) is 11.6 Å². The Kier molecular flexibility index (Phi) is 6.33. The van der Waals surface area contributed by atoms with Crippen molar-refractivity contribution in [1.82, 2.24) is 30.1 Å². The van der Waals surface area contributed by atoms with E-state index in [0.717, 1.165) is 74.4 Å². The molecule has 1 atom stereocenters. The molecule has 2 fully saturated rings. The topological polar surface area (TPSA) is 113 Å². The van der Waals surface area contributed by atoms with Gasteiger partial charge in [-0.05, 0) is 56.6 Å². The SMILES string of the molecule is O=C(Cc1ccc(F)nc1)C1CCCN1c1nc2c(c(Nc3n[nH]c(C4CCCCC4)n3)n1)CCC2. The van der Waals surface area contributed by atoms with E-state index in [1.165, 1.54) is 31.5 Å². The predicted molar refractivity (Wildman–Crippen MR) is 133 cm³/mol. The van der Waals surface area contributed by atoms with Gasteiger partial charge in [0.25, 0.3) is 0 Å². The van der Waals surface area contributed by atoms with Gasteiger partial charge in [0.2, 0.25) is 17.8 Å². The maximum absolute atomic E-state index is 13.2. The van der Waals surface area contributed by atoms with E-state index in [1.54, 1.807) is 6.07 Å². The molecule has 4 heterocycles. The molecule has 0 radical (unpaired) electrons. The van der Waals surface area contributed by atoms with E-state index in [-0.39, 0.29) is 18.2 Å². The third-order valence-electron chi connectivity index (χ3n) is 7.69. The Morgan fingerprint density at radius 1 is 1.06 bits per heavy atom. The summed E-state index contributed by atoms with van der Waals surface area (Å²) >= 11 is 0. The van der Waals surface area contributed by atoms with Crippen LogP contribution in [-0.2, 0) is 24.1 Å². The Balaban J connectivity index is 1.23. The summed E-state index contributed by atoms with van der Waals surface area (Å²) < 4.78 is 13.2. The van der Waals surface area contributed by atoms with E-state index < -0.39 is 5.95 Å². The van der Waals surface area contributed by atoms with E-state index in [9.17, 15) is 9.18 Å². The fourth-order valence-corrected chi connectivity index (χ4v) is 5.82. The number of Topliss-reactive ketones (excluding diaryl/α,β-unsaturated/α-hetero) is 1. The average molecular weight is 491 g/mol.